The van der Waals surface area contributed by atoms with E-state index in [0.717, 1.165) is 6.92 Å². The van der Waals surface area contributed by atoms with Crippen molar-refractivity contribution >= 4 is 5.97 Å². The van der Waals surface area contributed by atoms with Gasteiger partial charge in [-0.15, -0.1) is 0 Å². The van der Waals surface area contributed by atoms with E-state index in [0.29, 0.717) is 0 Å². The second kappa shape index (κ2) is 2.85. The van der Waals surface area contributed by atoms with Crippen molar-refractivity contribution in [3.63, 3.8) is 0 Å². The van der Waals surface area contributed by atoms with Gasteiger partial charge in [-0.1, -0.05) is 0 Å². The van der Waals surface area contributed by atoms with Gasteiger partial charge in [-0.05, 0) is 4.86 Å². The molecular formula is C3H6N2O4. The monoisotopic (exact) mass is 134 g/mol. The highest BCUT2D eigenvalue weighted by atomic mass is 16.6. The van der Waals surface area contributed by atoms with E-state index in [1.54, 1.807) is 0 Å². The summed E-state index contributed by atoms with van der Waals surface area (Å²) in [4.78, 5) is 9.58. The third-order valence-corrected chi connectivity index (χ3v) is 0.777. The average molecular weight is 134 g/mol. The lowest BCUT2D eigenvalue weighted by Gasteiger charge is -1.99. The molecule has 0 aromatic rings. The van der Waals surface area contributed by atoms with Crippen molar-refractivity contribution in [3.05, 3.63) is 5.21 Å². The summed E-state index contributed by atoms with van der Waals surface area (Å²) in [6.45, 7) is 1.11. The molecule has 0 fully saturated rings. The van der Waals surface area contributed by atoms with Gasteiger partial charge < -0.3 is 15.5 Å². The predicted molar refractivity (Wildman–Crippen MR) is 24.9 cm³/mol. The van der Waals surface area contributed by atoms with Crippen molar-refractivity contribution in [1.82, 2.24) is 0 Å². The SMILES string of the molecule is C[C@@H](C(=O)O)[N+]([O-])=NO. The lowest BCUT2D eigenvalue weighted by atomic mass is 10.4. The molecule has 0 rings (SSSR count). The summed E-state index contributed by atoms with van der Waals surface area (Å²) in [5.41, 5.74) is 0. The molecule has 0 bridgehead atoms. The van der Waals surface area contributed by atoms with Crippen LogP contribution in [0.1, 0.15) is 6.92 Å². The van der Waals surface area contributed by atoms with Gasteiger partial charge in [0.1, 0.15) is 0 Å². The van der Waals surface area contributed by atoms with Gasteiger partial charge in [0.15, 0.2) is 5.28 Å². The summed E-state index contributed by atoms with van der Waals surface area (Å²) in [7, 11) is 0. The number of hydrogen-bond donors (Lipinski definition) is 2. The van der Waals surface area contributed by atoms with Crippen molar-refractivity contribution in [3.8, 4) is 0 Å². The number of nitrogens with zero attached hydrogens (tertiary/aromatic N) is 2. The zero-order chi connectivity index (χ0) is 7.44. The summed E-state index contributed by atoms with van der Waals surface area (Å²) < 4.78 is 0. The predicted octanol–water partition coefficient (Wildman–Crippen LogP) is -0.189. The maximum absolute atomic E-state index is 10.1. The number of carboxylic acids is 1. The van der Waals surface area contributed by atoms with E-state index in [4.69, 9.17) is 10.3 Å². The summed E-state index contributed by atoms with van der Waals surface area (Å²) in [5.74, 6) is -1.33. The Morgan fingerprint density at radius 3 is 2.44 bits per heavy atom. The highest BCUT2D eigenvalue weighted by Crippen LogP contribution is 1.87. The van der Waals surface area contributed by atoms with Crippen molar-refractivity contribution in [2.24, 2.45) is 5.28 Å². The second-order valence-corrected chi connectivity index (χ2v) is 1.41. The smallest absolute Gasteiger partial charge is 0.376 e. The standard InChI is InChI=1S/C3H6N2O4/c1-2(3(6)7)5(9)4-8/h2,8H,1H3,(H,6,7)/t2-/m0/s1. The summed E-state index contributed by atoms with van der Waals surface area (Å²) in [5, 5.41) is 28.0. The lowest BCUT2D eigenvalue weighted by molar-refractivity contribution is -0.576. The van der Waals surface area contributed by atoms with E-state index in [1.165, 1.54) is 0 Å². The molecule has 0 saturated carbocycles. The van der Waals surface area contributed by atoms with Gasteiger partial charge in [0.25, 0.3) is 6.04 Å². The van der Waals surface area contributed by atoms with Crippen LogP contribution >= 0.6 is 0 Å². The molecule has 52 valence electrons. The Morgan fingerprint density at radius 2 is 2.33 bits per heavy atom. The molecule has 0 aromatic heterocycles. The first-order valence-corrected chi connectivity index (χ1v) is 2.13. The molecule has 2 N–H and O–H groups in total. The molecule has 0 amide bonds. The molecule has 9 heavy (non-hydrogen) atoms. The molecule has 0 spiro atoms. The minimum atomic E-state index is -1.34. The second-order valence-electron chi connectivity index (χ2n) is 1.41. The fourth-order valence-electron chi connectivity index (χ4n) is 0.172. The fraction of sp³-hybridized carbons (Fsp3) is 0.667. The molecule has 0 unspecified atom stereocenters. The van der Waals surface area contributed by atoms with Crippen molar-refractivity contribution in [2.45, 2.75) is 13.0 Å². The van der Waals surface area contributed by atoms with Gasteiger partial charge in [-0.25, -0.2) is 4.79 Å². The molecule has 0 radical (unpaired) electrons. The third-order valence-electron chi connectivity index (χ3n) is 0.777. The maximum atomic E-state index is 10.1. The summed E-state index contributed by atoms with van der Waals surface area (Å²) in [6.07, 6.45) is 0. The molecule has 0 heterocycles. The van der Waals surface area contributed by atoms with E-state index in [1.807, 2.05) is 0 Å². The third kappa shape index (κ3) is 1.94. The van der Waals surface area contributed by atoms with Crippen molar-refractivity contribution in [2.75, 3.05) is 0 Å². The summed E-state index contributed by atoms with van der Waals surface area (Å²) in [6, 6.07) is -1.34. The topological polar surface area (TPSA) is 96.0 Å². The maximum Gasteiger partial charge on any atom is 0.376 e. The average Bonchev–Trinajstić information content (AvgIpc) is 1.84. The number of hydrogen-bond acceptors (Lipinski definition) is 3. The molecule has 0 aliphatic rings. The van der Waals surface area contributed by atoms with Gasteiger partial charge in [0.2, 0.25) is 0 Å². The van der Waals surface area contributed by atoms with Crippen molar-refractivity contribution < 1.29 is 20.0 Å². The molecule has 6 nitrogen and oxygen atoms in total. The van der Waals surface area contributed by atoms with Crippen LogP contribution < -0.4 is 0 Å². The summed E-state index contributed by atoms with van der Waals surface area (Å²) >= 11 is 0. The Morgan fingerprint density at radius 1 is 1.89 bits per heavy atom. The van der Waals surface area contributed by atoms with Crippen LogP contribution in [0, 0.1) is 5.21 Å². The van der Waals surface area contributed by atoms with Crippen molar-refractivity contribution in [1.29, 1.82) is 0 Å². The zero-order valence-corrected chi connectivity index (χ0v) is 4.68. The number of rotatable bonds is 2. The van der Waals surface area contributed by atoms with Gasteiger partial charge in [0, 0.05) is 6.92 Å². The Hall–Kier alpha value is -1.33. The van der Waals surface area contributed by atoms with Crippen LogP contribution in [0.5, 0.6) is 0 Å². The molecule has 0 aliphatic carbocycles. The Labute approximate surface area is 50.6 Å². The van der Waals surface area contributed by atoms with E-state index >= 15 is 0 Å². The quantitative estimate of drug-likeness (QED) is 0.311. The van der Waals surface area contributed by atoms with E-state index in [2.05, 4.69) is 5.28 Å². The first kappa shape index (κ1) is 7.67. The van der Waals surface area contributed by atoms with Crippen LogP contribution in [0.4, 0.5) is 0 Å². The first-order valence-electron chi connectivity index (χ1n) is 2.13. The van der Waals surface area contributed by atoms with Gasteiger partial charge in [-0.2, -0.15) is 0 Å². The normalized spacial score (nSPS) is 15.0. The Kier molecular flexibility index (Phi) is 2.43. The van der Waals surface area contributed by atoms with Gasteiger partial charge in [-0.3, -0.25) is 0 Å². The molecule has 0 aromatic carbocycles. The van der Waals surface area contributed by atoms with Crippen LogP contribution in [-0.2, 0) is 4.79 Å². The highest BCUT2D eigenvalue weighted by molar-refractivity contribution is 5.71. The number of carboxylic acid groups (broad SMARTS) is 1. The Bertz CT molecular complexity index is 143. The molecule has 1 atom stereocenters. The molecular weight excluding hydrogens is 128 g/mol. The molecule has 6 heteroatoms. The van der Waals surface area contributed by atoms with E-state index in [-0.39, 0.29) is 4.86 Å². The fourth-order valence-corrected chi connectivity index (χ4v) is 0.172. The van der Waals surface area contributed by atoms with Crippen LogP contribution in [0.3, 0.4) is 0 Å². The first-order chi connectivity index (χ1) is 4.09. The minimum absolute atomic E-state index is 0.303. The Balaban J connectivity index is 4.04. The molecule has 0 saturated heterocycles. The number of carbonyl (C=O) groups is 1. The van der Waals surface area contributed by atoms with Gasteiger partial charge >= 0.3 is 5.97 Å². The molecule has 0 aliphatic heterocycles. The van der Waals surface area contributed by atoms with Crippen LogP contribution in [0.15, 0.2) is 5.28 Å². The van der Waals surface area contributed by atoms with Crippen LogP contribution in [0.2, 0.25) is 0 Å². The van der Waals surface area contributed by atoms with Crippen LogP contribution in [0.25, 0.3) is 0 Å². The van der Waals surface area contributed by atoms with Crippen LogP contribution in [-0.4, -0.2) is 27.2 Å². The largest absolute Gasteiger partial charge is 0.597 e. The lowest BCUT2D eigenvalue weighted by Crippen LogP contribution is -2.25. The highest BCUT2D eigenvalue weighted by Gasteiger charge is 2.20. The zero-order valence-electron chi connectivity index (χ0n) is 4.68. The number of aliphatic carboxylic acids is 1. The minimum Gasteiger partial charge on any atom is -0.597 e. The van der Waals surface area contributed by atoms with E-state index < -0.39 is 12.0 Å². The van der Waals surface area contributed by atoms with E-state index in [9.17, 15) is 10.0 Å². The number of hydroxylamine groups is 1. The van der Waals surface area contributed by atoms with Gasteiger partial charge in [0.05, 0.1) is 0 Å².